The van der Waals surface area contributed by atoms with Gasteiger partial charge in [0, 0.05) is 11.1 Å². The standard InChI is InChI=1S/C17H13F/c18-17-6-1-3-13(12-17)7-8-14-9-10-15-4-2-5-16(15)11-14/h1,3,6,9-12H,2,4-5H2. The van der Waals surface area contributed by atoms with Gasteiger partial charge in [0.05, 0.1) is 0 Å². The van der Waals surface area contributed by atoms with Gasteiger partial charge in [0.15, 0.2) is 0 Å². The molecule has 0 aromatic heterocycles. The van der Waals surface area contributed by atoms with Crippen LogP contribution in [0.5, 0.6) is 0 Å². The molecule has 0 atom stereocenters. The van der Waals surface area contributed by atoms with Crippen molar-refractivity contribution in [3.63, 3.8) is 0 Å². The second kappa shape index (κ2) is 4.66. The van der Waals surface area contributed by atoms with Crippen molar-refractivity contribution in [2.45, 2.75) is 19.3 Å². The Bertz CT molecular complexity index is 644. The largest absolute Gasteiger partial charge is 0.207 e. The normalized spacial score (nSPS) is 12.7. The molecule has 18 heavy (non-hydrogen) atoms. The van der Waals surface area contributed by atoms with Crippen molar-refractivity contribution in [3.05, 3.63) is 70.5 Å². The zero-order valence-electron chi connectivity index (χ0n) is 10.0. The Labute approximate surface area is 106 Å². The lowest BCUT2D eigenvalue weighted by Gasteiger charge is -1.98. The van der Waals surface area contributed by atoms with Gasteiger partial charge in [-0.1, -0.05) is 24.0 Å². The molecule has 1 aliphatic rings. The number of aryl methyl sites for hydroxylation is 2. The molecule has 1 aliphatic carbocycles. The molecule has 0 spiro atoms. The van der Waals surface area contributed by atoms with Crippen LogP contribution < -0.4 is 0 Å². The van der Waals surface area contributed by atoms with Gasteiger partial charge in [-0.2, -0.15) is 0 Å². The first-order valence-corrected chi connectivity index (χ1v) is 6.21. The number of fused-ring (bicyclic) bond motifs is 1. The molecule has 0 saturated heterocycles. The van der Waals surface area contributed by atoms with Crippen molar-refractivity contribution in [1.29, 1.82) is 0 Å². The molecule has 0 amide bonds. The lowest BCUT2D eigenvalue weighted by atomic mass is 10.1. The van der Waals surface area contributed by atoms with Crippen LogP contribution in [0.3, 0.4) is 0 Å². The van der Waals surface area contributed by atoms with Gasteiger partial charge in [-0.3, -0.25) is 0 Å². The van der Waals surface area contributed by atoms with E-state index in [4.69, 9.17) is 0 Å². The highest BCUT2D eigenvalue weighted by Crippen LogP contribution is 2.22. The summed E-state index contributed by atoms with van der Waals surface area (Å²) in [6.07, 6.45) is 3.59. The highest BCUT2D eigenvalue weighted by atomic mass is 19.1. The first-order chi connectivity index (χ1) is 8.81. The Morgan fingerprint density at radius 1 is 0.833 bits per heavy atom. The van der Waals surface area contributed by atoms with E-state index in [-0.39, 0.29) is 5.82 Å². The molecule has 0 radical (unpaired) electrons. The van der Waals surface area contributed by atoms with Gasteiger partial charge in [-0.05, 0) is 60.7 Å². The van der Waals surface area contributed by atoms with Gasteiger partial charge in [0.1, 0.15) is 5.82 Å². The maximum absolute atomic E-state index is 13.0. The summed E-state index contributed by atoms with van der Waals surface area (Å²) >= 11 is 0. The minimum Gasteiger partial charge on any atom is -0.207 e. The van der Waals surface area contributed by atoms with E-state index in [2.05, 4.69) is 30.0 Å². The topological polar surface area (TPSA) is 0 Å². The van der Waals surface area contributed by atoms with E-state index in [0.717, 1.165) is 17.5 Å². The fraction of sp³-hybridized carbons (Fsp3) is 0.176. The average molecular weight is 236 g/mol. The average Bonchev–Trinajstić information content (AvgIpc) is 2.84. The highest BCUT2D eigenvalue weighted by molar-refractivity contribution is 5.46. The summed E-state index contributed by atoms with van der Waals surface area (Å²) in [7, 11) is 0. The van der Waals surface area contributed by atoms with E-state index >= 15 is 0 Å². The molecule has 0 fully saturated rings. The van der Waals surface area contributed by atoms with Crippen LogP contribution in [-0.2, 0) is 12.8 Å². The van der Waals surface area contributed by atoms with E-state index in [1.54, 1.807) is 6.07 Å². The quantitative estimate of drug-likeness (QED) is 0.612. The molecule has 88 valence electrons. The summed E-state index contributed by atoms with van der Waals surface area (Å²) in [5.74, 6) is 5.86. The van der Waals surface area contributed by atoms with Crippen LogP contribution >= 0.6 is 0 Å². The second-order valence-electron chi connectivity index (χ2n) is 4.60. The third-order valence-electron chi connectivity index (χ3n) is 3.27. The van der Waals surface area contributed by atoms with E-state index in [9.17, 15) is 4.39 Å². The fourth-order valence-electron chi connectivity index (χ4n) is 2.36. The molecular formula is C17H13F. The van der Waals surface area contributed by atoms with Crippen molar-refractivity contribution in [1.82, 2.24) is 0 Å². The molecule has 3 rings (SSSR count). The van der Waals surface area contributed by atoms with E-state index in [1.165, 1.54) is 36.1 Å². The molecule has 0 bridgehead atoms. The maximum Gasteiger partial charge on any atom is 0.124 e. The van der Waals surface area contributed by atoms with E-state index in [0.29, 0.717) is 0 Å². The predicted molar refractivity (Wildman–Crippen MR) is 70.8 cm³/mol. The van der Waals surface area contributed by atoms with Crippen molar-refractivity contribution in [2.75, 3.05) is 0 Å². The van der Waals surface area contributed by atoms with Crippen LogP contribution in [0, 0.1) is 17.7 Å². The number of rotatable bonds is 0. The minimum absolute atomic E-state index is 0.240. The Hall–Kier alpha value is -2.07. The van der Waals surface area contributed by atoms with Crippen LogP contribution in [0.2, 0.25) is 0 Å². The van der Waals surface area contributed by atoms with Crippen molar-refractivity contribution in [2.24, 2.45) is 0 Å². The first-order valence-electron chi connectivity index (χ1n) is 6.21. The lowest BCUT2D eigenvalue weighted by Crippen LogP contribution is -1.84. The maximum atomic E-state index is 13.0. The van der Waals surface area contributed by atoms with E-state index in [1.807, 2.05) is 6.07 Å². The molecule has 0 unspecified atom stereocenters. The van der Waals surface area contributed by atoms with E-state index < -0.39 is 0 Å². The summed E-state index contributed by atoms with van der Waals surface area (Å²) in [6.45, 7) is 0. The van der Waals surface area contributed by atoms with Crippen LogP contribution in [0.4, 0.5) is 4.39 Å². The highest BCUT2D eigenvalue weighted by Gasteiger charge is 2.09. The smallest absolute Gasteiger partial charge is 0.124 e. The molecule has 0 heterocycles. The summed E-state index contributed by atoms with van der Waals surface area (Å²) in [6, 6.07) is 12.8. The van der Waals surface area contributed by atoms with Crippen molar-refractivity contribution < 1.29 is 4.39 Å². The molecule has 2 aromatic carbocycles. The van der Waals surface area contributed by atoms with Gasteiger partial charge in [-0.15, -0.1) is 0 Å². The zero-order valence-corrected chi connectivity index (χ0v) is 10.0. The fourth-order valence-corrected chi connectivity index (χ4v) is 2.36. The van der Waals surface area contributed by atoms with Crippen molar-refractivity contribution >= 4 is 0 Å². The third-order valence-corrected chi connectivity index (χ3v) is 3.27. The van der Waals surface area contributed by atoms with Gasteiger partial charge in [-0.25, -0.2) is 4.39 Å². The molecule has 0 nitrogen and oxygen atoms in total. The van der Waals surface area contributed by atoms with Gasteiger partial charge >= 0.3 is 0 Å². The minimum atomic E-state index is -0.240. The predicted octanol–water partition coefficient (Wildman–Crippen LogP) is 3.71. The summed E-state index contributed by atoms with van der Waals surface area (Å²) in [5, 5.41) is 0. The molecule has 2 aromatic rings. The van der Waals surface area contributed by atoms with Crippen molar-refractivity contribution in [3.8, 4) is 11.8 Å². The molecule has 1 heteroatoms. The molecule has 0 aliphatic heterocycles. The lowest BCUT2D eigenvalue weighted by molar-refractivity contribution is 0.627. The van der Waals surface area contributed by atoms with Crippen LogP contribution in [-0.4, -0.2) is 0 Å². The number of halogens is 1. The van der Waals surface area contributed by atoms with Crippen LogP contribution in [0.1, 0.15) is 28.7 Å². The molecule has 0 saturated carbocycles. The Morgan fingerprint density at radius 2 is 1.61 bits per heavy atom. The summed E-state index contributed by atoms with van der Waals surface area (Å²) in [5.41, 5.74) is 4.60. The summed E-state index contributed by atoms with van der Waals surface area (Å²) in [4.78, 5) is 0. The number of hydrogen-bond acceptors (Lipinski definition) is 0. The Balaban J connectivity index is 1.89. The Kier molecular flexibility index (Phi) is 2.86. The first kappa shape index (κ1) is 11.0. The molecular weight excluding hydrogens is 223 g/mol. The van der Waals surface area contributed by atoms with Crippen LogP contribution in [0.25, 0.3) is 0 Å². The van der Waals surface area contributed by atoms with Gasteiger partial charge in [0.2, 0.25) is 0 Å². The second-order valence-corrected chi connectivity index (χ2v) is 4.60. The Morgan fingerprint density at radius 3 is 2.44 bits per heavy atom. The molecule has 0 N–H and O–H groups in total. The zero-order chi connectivity index (χ0) is 12.4. The number of hydrogen-bond donors (Lipinski definition) is 0. The van der Waals surface area contributed by atoms with Gasteiger partial charge in [0.25, 0.3) is 0 Å². The third kappa shape index (κ3) is 2.28. The van der Waals surface area contributed by atoms with Gasteiger partial charge < -0.3 is 0 Å². The monoisotopic (exact) mass is 236 g/mol. The number of benzene rings is 2. The summed E-state index contributed by atoms with van der Waals surface area (Å²) < 4.78 is 13.0. The van der Waals surface area contributed by atoms with Crippen LogP contribution in [0.15, 0.2) is 42.5 Å². The SMILES string of the molecule is Fc1cccc(C#Cc2ccc3c(c2)CCC3)c1.